The SMILES string of the molecule is CCOP(=O)(SC(C)CC)N(C(=O)Nc1ccc(Cl)cc1)c1ccc(C#N)cc1. The molecule has 2 aromatic carbocycles. The molecule has 2 atom stereocenters. The Hall–Kier alpha value is -1.97. The molecule has 0 aliphatic rings. The Morgan fingerprint density at radius 3 is 2.38 bits per heavy atom. The molecule has 0 aromatic heterocycles. The fourth-order valence-corrected chi connectivity index (χ4v) is 7.47. The molecule has 2 amide bonds. The number of nitrogens with zero attached hydrogens (tertiary/aromatic N) is 2. The van der Waals surface area contributed by atoms with Gasteiger partial charge in [0.15, 0.2) is 0 Å². The summed E-state index contributed by atoms with van der Waals surface area (Å²) in [6, 6.07) is 14.4. The third-order valence-corrected chi connectivity index (χ3v) is 9.34. The molecule has 0 aliphatic carbocycles. The van der Waals surface area contributed by atoms with Gasteiger partial charge >= 0.3 is 12.8 Å². The van der Waals surface area contributed by atoms with Gasteiger partial charge in [-0.1, -0.05) is 25.4 Å². The molecule has 0 heterocycles. The van der Waals surface area contributed by atoms with Gasteiger partial charge in [-0.05, 0) is 73.3 Å². The number of anilines is 2. The minimum absolute atomic E-state index is 0.0107. The molecular weight excluding hydrogens is 429 g/mol. The number of benzene rings is 2. The average Bonchev–Trinajstić information content (AvgIpc) is 2.70. The molecule has 1 N–H and O–H groups in total. The van der Waals surface area contributed by atoms with E-state index in [1.807, 2.05) is 19.9 Å². The summed E-state index contributed by atoms with van der Waals surface area (Å²) in [6.45, 7) is 2.21. The maximum absolute atomic E-state index is 13.8. The monoisotopic (exact) mass is 451 g/mol. The Morgan fingerprint density at radius 2 is 1.86 bits per heavy atom. The van der Waals surface area contributed by atoms with Crippen LogP contribution in [0.3, 0.4) is 0 Å². The van der Waals surface area contributed by atoms with Gasteiger partial charge in [0.1, 0.15) is 0 Å². The van der Waals surface area contributed by atoms with Crippen LogP contribution in [0.4, 0.5) is 16.2 Å². The zero-order valence-corrected chi connectivity index (χ0v) is 18.9. The van der Waals surface area contributed by atoms with Crippen LogP contribution in [0.5, 0.6) is 0 Å². The summed E-state index contributed by atoms with van der Waals surface area (Å²) in [6.07, 6.45) is 0.766. The third kappa shape index (κ3) is 6.25. The predicted octanol–water partition coefficient (Wildman–Crippen LogP) is 6.93. The van der Waals surface area contributed by atoms with E-state index < -0.39 is 12.8 Å². The molecule has 2 aromatic rings. The van der Waals surface area contributed by atoms with Crippen molar-refractivity contribution < 1.29 is 13.9 Å². The molecule has 0 aliphatic heterocycles. The number of hydrogen-bond donors (Lipinski definition) is 1. The van der Waals surface area contributed by atoms with Gasteiger partial charge in [0.2, 0.25) is 0 Å². The number of carbonyl (C=O) groups excluding carboxylic acids is 1. The highest BCUT2D eigenvalue weighted by Gasteiger charge is 2.39. The summed E-state index contributed by atoms with van der Waals surface area (Å²) in [5, 5.41) is 12.4. The maximum Gasteiger partial charge on any atom is 0.361 e. The van der Waals surface area contributed by atoms with Crippen molar-refractivity contribution in [1.29, 1.82) is 5.26 Å². The first kappa shape index (κ1) is 23.3. The zero-order valence-electron chi connectivity index (χ0n) is 16.5. The number of carbonyl (C=O) groups is 1. The van der Waals surface area contributed by atoms with E-state index in [0.717, 1.165) is 22.5 Å². The quantitative estimate of drug-likeness (QED) is 0.440. The molecule has 0 spiro atoms. The molecule has 0 saturated carbocycles. The van der Waals surface area contributed by atoms with Crippen molar-refractivity contribution in [2.75, 3.05) is 16.6 Å². The smallest absolute Gasteiger partial charge is 0.307 e. The van der Waals surface area contributed by atoms with E-state index in [1.54, 1.807) is 55.5 Å². The van der Waals surface area contributed by atoms with E-state index in [1.165, 1.54) is 0 Å². The number of nitrogens with one attached hydrogen (secondary N) is 1. The van der Waals surface area contributed by atoms with Gasteiger partial charge in [0, 0.05) is 16.0 Å². The Balaban J connectivity index is 2.47. The van der Waals surface area contributed by atoms with Gasteiger partial charge in [0.05, 0.1) is 23.9 Å². The zero-order chi connectivity index (χ0) is 21.4. The van der Waals surface area contributed by atoms with Crippen molar-refractivity contribution in [3.8, 4) is 6.07 Å². The van der Waals surface area contributed by atoms with Crippen LogP contribution in [0.1, 0.15) is 32.8 Å². The number of hydrogen-bond acceptors (Lipinski definition) is 5. The summed E-state index contributed by atoms with van der Waals surface area (Å²) in [5.74, 6) is 0. The fourth-order valence-electron chi connectivity index (χ4n) is 2.36. The molecular formula is C20H23ClN3O3PS. The summed E-state index contributed by atoms with van der Waals surface area (Å²) in [7, 11) is 0. The van der Waals surface area contributed by atoms with Gasteiger partial charge < -0.3 is 9.84 Å². The molecule has 0 saturated heterocycles. The van der Waals surface area contributed by atoms with Gasteiger partial charge in [-0.3, -0.25) is 4.57 Å². The van der Waals surface area contributed by atoms with Crippen molar-refractivity contribution in [3.05, 3.63) is 59.1 Å². The van der Waals surface area contributed by atoms with E-state index in [9.17, 15) is 9.36 Å². The predicted molar refractivity (Wildman–Crippen MR) is 121 cm³/mol. The molecule has 0 radical (unpaired) electrons. The minimum Gasteiger partial charge on any atom is -0.307 e. The first-order chi connectivity index (χ1) is 13.8. The highest BCUT2D eigenvalue weighted by Crippen LogP contribution is 2.65. The second-order valence-electron chi connectivity index (χ2n) is 6.12. The van der Waals surface area contributed by atoms with Crippen LogP contribution in [-0.2, 0) is 9.09 Å². The molecule has 6 nitrogen and oxygen atoms in total. The lowest BCUT2D eigenvalue weighted by molar-refractivity contribution is 0.258. The molecule has 0 bridgehead atoms. The van der Waals surface area contributed by atoms with Crippen molar-refractivity contribution in [2.24, 2.45) is 0 Å². The molecule has 9 heteroatoms. The fraction of sp³-hybridized carbons (Fsp3) is 0.300. The number of nitriles is 1. The van der Waals surface area contributed by atoms with Crippen LogP contribution in [0.2, 0.25) is 5.02 Å². The van der Waals surface area contributed by atoms with Crippen LogP contribution in [0.25, 0.3) is 0 Å². The van der Waals surface area contributed by atoms with E-state index in [0.29, 0.717) is 22.0 Å². The highest BCUT2D eigenvalue weighted by atomic mass is 35.5. The third-order valence-electron chi connectivity index (χ3n) is 3.95. The highest BCUT2D eigenvalue weighted by molar-refractivity contribution is 8.57. The Morgan fingerprint density at radius 1 is 1.24 bits per heavy atom. The first-order valence-corrected chi connectivity index (χ1v) is 12.6. The summed E-state index contributed by atoms with van der Waals surface area (Å²) in [5.41, 5.74) is 1.32. The molecule has 2 unspecified atom stereocenters. The van der Waals surface area contributed by atoms with E-state index in [-0.39, 0.29) is 11.9 Å². The van der Waals surface area contributed by atoms with Gasteiger partial charge in [-0.15, -0.1) is 0 Å². The number of halogens is 1. The van der Waals surface area contributed by atoms with Crippen molar-refractivity contribution in [1.82, 2.24) is 0 Å². The van der Waals surface area contributed by atoms with Crippen LogP contribution < -0.4 is 9.99 Å². The second-order valence-corrected chi connectivity index (χ2v) is 11.2. The van der Waals surface area contributed by atoms with E-state index in [2.05, 4.69) is 5.32 Å². The van der Waals surface area contributed by atoms with Crippen LogP contribution in [0, 0.1) is 11.3 Å². The first-order valence-electron chi connectivity index (χ1n) is 9.13. The van der Waals surface area contributed by atoms with Crippen molar-refractivity contribution >= 4 is 47.1 Å². The Kier molecular flexibility index (Phi) is 8.60. The van der Waals surface area contributed by atoms with Crippen LogP contribution in [-0.4, -0.2) is 17.9 Å². The topological polar surface area (TPSA) is 82.4 Å². The summed E-state index contributed by atoms with van der Waals surface area (Å²) < 4.78 is 20.6. The Labute approximate surface area is 180 Å². The molecule has 0 fully saturated rings. The van der Waals surface area contributed by atoms with Crippen molar-refractivity contribution in [2.45, 2.75) is 32.4 Å². The minimum atomic E-state index is -3.62. The molecule has 29 heavy (non-hydrogen) atoms. The largest absolute Gasteiger partial charge is 0.361 e. The lowest BCUT2D eigenvalue weighted by Gasteiger charge is -2.31. The van der Waals surface area contributed by atoms with Crippen LogP contribution in [0.15, 0.2) is 48.5 Å². The maximum atomic E-state index is 13.8. The average molecular weight is 452 g/mol. The molecule has 154 valence electrons. The summed E-state index contributed by atoms with van der Waals surface area (Å²) in [4.78, 5) is 13.2. The normalized spacial score (nSPS) is 13.8. The van der Waals surface area contributed by atoms with Crippen molar-refractivity contribution in [3.63, 3.8) is 0 Å². The van der Waals surface area contributed by atoms with Gasteiger partial charge in [-0.25, -0.2) is 9.46 Å². The lowest BCUT2D eigenvalue weighted by Crippen LogP contribution is -2.32. The number of amides is 2. The summed E-state index contributed by atoms with van der Waals surface area (Å²) >= 11 is 7.04. The van der Waals surface area contributed by atoms with E-state index >= 15 is 0 Å². The number of rotatable bonds is 8. The van der Waals surface area contributed by atoms with E-state index in [4.69, 9.17) is 21.4 Å². The number of urea groups is 1. The van der Waals surface area contributed by atoms with Crippen LogP contribution >= 0.6 is 29.7 Å². The standard InChI is InChI=1S/C20H23ClN3O3PS/c1-4-15(3)29-28(26,27-5-2)24(19-12-6-16(14-22)7-13-19)20(25)23-18-10-8-17(21)9-11-18/h6-13,15H,4-5H2,1-3H3,(H,23,25). The van der Waals surface area contributed by atoms with Gasteiger partial charge in [0.25, 0.3) is 0 Å². The second kappa shape index (κ2) is 10.7. The Bertz CT molecular complexity index is 916. The molecule has 2 rings (SSSR count). The lowest BCUT2D eigenvalue weighted by atomic mass is 10.2. The van der Waals surface area contributed by atoms with Gasteiger partial charge in [-0.2, -0.15) is 5.26 Å².